The number of ether oxygens (including phenoxy) is 3. The van der Waals surface area contributed by atoms with E-state index in [4.69, 9.17) is 14.2 Å². The zero-order valence-corrected chi connectivity index (χ0v) is 36.0. The van der Waals surface area contributed by atoms with Crippen molar-refractivity contribution >= 4 is 0 Å². The minimum Gasteiger partial charge on any atom is -0.494 e. The lowest BCUT2D eigenvalue weighted by Gasteiger charge is -2.43. The van der Waals surface area contributed by atoms with Gasteiger partial charge in [-0.05, 0) is 174 Å². The Morgan fingerprint density at radius 3 is 1.05 bits per heavy atom. The van der Waals surface area contributed by atoms with Crippen molar-refractivity contribution in [2.45, 2.75) is 194 Å². The summed E-state index contributed by atoms with van der Waals surface area (Å²) < 4.78 is 19.5. The molecule has 0 heterocycles. The number of hydrogen-bond donors (Lipinski definition) is 0. The lowest BCUT2D eigenvalue weighted by Crippen LogP contribution is -2.31. The highest BCUT2D eigenvalue weighted by Gasteiger charge is 2.39. The molecule has 308 valence electrons. The van der Waals surface area contributed by atoms with Crippen LogP contribution in [0.4, 0.5) is 0 Å². The summed E-state index contributed by atoms with van der Waals surface area (Å²) >= 11 is 0. The summed E-state index contributed by atoms with van der Waals surface area (Å²) in [6.07, 6.45) is 34.2. The van der Waals surface area contributed by atoms with Crippen molar-refractivity contribution in [1.82, 2.24) is 0 Å². The van der Waals surface area contributed by atoms with Crippen molar-refractivity contribution in [1.29, 1.82) is 0 Å². The van der Waals surface area contributed by atoms with Gasteiger partial charge in [-0.1, -0.05) is 115 Å². The van der Waals surface area contributed by atoms with Gasteiger partial charge in [-0.25, -0.2) is 0 Å². The molecule has 0 aromatic heterocycles. The zero-order valence-electron chi connectivity index (χ0n) is 36.0. The van der Waals surface area contributed by atoms with Crippen LogP contribution in [-0.4, -0.2) is 13.2 Å². The van der Waals surface area contributed by atoms with Crippen molar-refractivity contribution in [2.75, 3.05) is 13.2 Å². The highest BCUT2D eigenvalue weighted by Crippen LogP contribution is 2.50. The average Bonchev–Trinajstić information content (AvgIpc) is 3.23. The molecular weight excluding hydrogens is 673 g/mol. The van der Waals surface area contributed by atoms with E-state index < -0.39 is 0 Å². The minimum atomic E-state index is 0.114. The predicted molar refractivity (Wildman–Crippen MR) is 232 cm³/mol. The van der Waals surface area contributed by atoms with Crippen LogP contribution in [0.2, 0.25) is 0 Å². The van der Waals surface area contributed by atoms with Crippen LogP contribution >= 0.6 is 0 Å². The van der Waals surface area contributed by atoms with Gasteiger partial charge in [0.25, 0.3) is 0 Å². The Bertz CT molecular complexity index is 1190. The fourth-order valence-corrected chi connectivity index (χ4v) is 12.0. The molecule has 0 aliphatic heterocycles. The Balaban J connectivity index is 1.13. The second-order valence-corrected chi connectivity index (χ2v) is 18.9. The number of rotatable bonds is 20. The lowest BCUT2D eigenvalue weighted by atomic mass is 9.67. The maximum Gasteiger partial charge on any atom is 0.119 e. The van der Waals surface area contributed by atoms with Crippen LogP contribution in [-0.2, 0) is 4.74 Å². The van der Waals surface area contributed by atoms with E-state index in [9.17, 15) is 0 Å². The Kier molecular flexibility index (Phi) is 17.7. The van der Waals surface area contributed by atoms with Crippen molar-refractivity contribution in [3.8, 4) is 11.5 Å². The number of unbranched alkanes of at least 4 members (excludes halogenated alkanes) is 4. The monoisotopic (exact) mass is 755 g/mol. The maximum absolute atomic E-state index is 7.70. The van der Waals surface area contributed by atoms with Crippen LogP contribution in [0.25, 0.3) is 0 Å². The van der Waals surface area contributed by atoms with E-state index in [1.165, 1.54) is 165 Å². The van der Waals surface area contributed by atoms with Crippen molar-refractivity contribution in [3.05, 3.63) is 59.7 Å². The Morgan fingerprint density at radius 2 is 0.745 bits per heavy atom. The SMILES string of the molecule is CCCCCC1CCC(C2CCC(C(OC(c3ccc(OCC)cc3)C3CCC(C4CCC(CCCCC)CC4)CC3)c3ccc(OCC)cc3)CC2)CC1. The largest absolute Gasteiger partial charge is 0.494 e. The molecule has 6 rings (SSSR count). The fourth-order valence-electron chi connectivity index (χ4n) is 12.0. The van der Waals surface area contributed by atoms with Crippen LogP contribution in [0, 0.1) is 47.3 Å². The molecule has 2 aromatic carbocycles. The van der Waals surface area contributed by atoms with Crippen molar-refractivity contribution in [2.24, 2.45) is 47.3 Å². The molecular formula is C52H82O3. The fraction of sp³-hybridized carbons (Fsp3) is 0.769. The molecule has 2 aromatic rings. The molecule has 4 saturated carbocycles. The molecule has 0 radical (unpaired) electrons. The zero-order chi connectivity index (χ0) is 38.2. The second kappa shape index (κ2) is 22.8. The maximum atomic E-state index is 7.70. The molecule has 0 N–H and O–H groups in total. The molecule has 4 aliphatic rings. The smallest absolute Gasteiger partial charge is 0.119 e. The van der Waals surface area contributed by atoms with Gasteiger partial charge < -0.3 is 14.2 Å². The molecule has 4 aliphatic carbocycles. The molecule has 0 bridgehead atoms. The van der Waals surface area contributed by atoms with Gasteiger partial charge in [0.05, 0.1) is 25.4 Å². The topological polar surface area (TPSA) is 27.7 Å². The third-order valence-corrected chi connectivity index (χ3v) is 15.4. The van der Waals surface area contributed by atoms with Crippen LogP contribution in [0.3, 0.4) is 0 Å². The van der Waals surface area contributed by atoms with Crippen LogP contribution < -0.4 is 9.47 Å². The number of hydrogen-bond acceptors (Lipinski definition) is 3. The summed E-state index contributed by atoms with van der Waals surface area (Å²) in [5, 5.41) is 0. The Morgan fingerprint density at radius 1 is 0.418 bits per heavy atom. The Hall–Kier alpha value is -2.00. The van der Waals surface area contributed by atoms with Gasteiger partial charge in [0.2, 0.25) is 0 Å². The molecule has 0 amide bonds. The van der Waals surface area contributed by atoms with Gasteiger partial charge in [-0.15, -0.1) is 0 Å². The Labute approximate surface area is 338 Å². The first-order valence-electron chi connectivity index (χ1n) is 24.2. The van der Waals surface area contributed by atoms with E-state index in [0.29, 0.717) is 25.0 Å². The quantitative estimate of drug-likeness (QED) is 0.126. The molecule has 0 saturated heterocycles. The minimum absolute atomic E-state index is 0.114. The standard InChI is InChI=1S/C52H82O3/c1-5-9-11-13-39-15-19-41(20-16-39)43-23-27-45(28-24-43)51(47-31-35-49(36-32-47)53-7-3)55-52(48-33-37-50(38-34-48)54-8-4)46-29-25-44(26-30-46)42-21-17-40(18-22-42)14-12-10-6-2/h31-46,51-52H,5-30H2,1-4H3. The summed E-state index contributed by atoms with van der Waals surface area (Å²) in [6.45, 7) is 10.2. The van der Waals surface area contributed by atoms with Crippen LogP contribution in [0.1, 0.15) is 205 Å². The number of benzene rings is 2. The van der Waals surface area contributed by atoms with E-state index >= 15 is 0 Å². The summed E-state index contributed by atoms with van der Waals surface area (Å²) in [7, 11) is 0. The first-order valence-corrected chi connectivity index (χ1v) is 24.2. The van der Waals surface area contributed by atoms with Gasteiger partial charge in [0, 0.05) is 0 Å². The molecule has 3 nitrogen and oxygen atoms in total. The van der Waals surface area contributed by atoms with Crippen LogP contribution in [0.15, 0.2) is 48.5 Å². The molecule has 55 heavy (non-hydrogen) atoms. The molecule has 4 fully saturated rings. The predicted octanol–water partition coefficient (Wildman–Crippen LogP) is 15.7. The second-order valence-electron chi connectivity index (χ2n) is 18.9. The van der Waals surface area contributed by atoms with Crippen LogP contribution in [0.5, 0.6) is 11.5 Å². The molecule has 0 spiro atoms. The van der Waals surface area contributed by atoms with Gasteiger partial charge >= 0.3 is 0 Å². The summed E-state index contributed by atoms with van der Waals surface area (Å²) in [6, 6.07) is 18.1. The van der Waals surface area contributed by atoms with Gasteiger partial charge in [-0.2, -0.15) is 0 Å². The van der Waals surface area contributed by atoms with Crippen molar-refractivity contribution < 1.29 is 14.2 Å². The van der Waals surface area contributed by atoms with E-state index in [-0.39, 0.29) is 12.2 Å². The highest BCUT2D eigenvalue weighted by molar-refractivity contribution is 5.31. The van der Waals surface area contributed by atoms with E-state index in [1.54, 1.807) is 0 Å². The summed E-state index contributed by atoms with van der Waals surface area (Å²) in [5.41, 5.74) is 2.69. The van der Waals surface area contributed by atoms with E-state index in [2.05, 4.69) is 76.2 Å². The normalized spacial score (nSPS) is 30.0. The molecule has 2 unspecified atom stereocenters. The van der Waals surface area contributed by atoms with Gasteiger partial charge in [0.15, 0.2) is 0 Å². The third-order valence-electron chi connectivity index (χ3n) is 15.4. The molecule has 3 heteroatoms. The van der Waals surface area contributed by atoms with Crippen molar-refractivity contribution in [3.63, 3.8) is 0 Å². The van der Waals surface area contributed by atoms with E-state index in [1.807, 2.05) is 0 Å². The highest BCUT2D eigenvalue weighted by atomic mass is 16.5. The summed E-state index contributed by atoms with van der Waals surface area (Å²) in [4.78, 5) is 0. The first kappa shape index (κ1) is 42.6. The molecule has 2 atom stereocenters. The van der Waals surface area contributed by atoms with E-state index in [0.717, 1.165) is 47.0 Å². The average molecular weight is 755 g/mol. The first-order chi connectivity index (χ1) is 27.1. The summed E-state index contributed by atoms with van der Waals surface area (Å²) in [5.74, 6) is 8.80. The van der Waals surface area contributed by atoms with Gasteiger partial charge in [-0.3, -0.25) is 0 Å². The van der Waals surface area contributed by atoms with Gasteiger partial charge in [0.1, 0.15) is 11.5 Å². The third kappa shape index (κ3) is 12.5. The lowest BCUT2D eigenvalue weighted by molar-refractivity contribution is -0.0935.